The Morgan fingerprint density at radius 2 is 1.78 bits per heavy atom. The molecular weight excluding hydrogens is 505 g/mol. The molecular formula is C26H19F3N4O3S. The van der Waals surface area contributed by atoms with Gasteiger partial charge in [-0.2, -0.15) is 4.68 Å². The molecule has 0 aliphatic carbocycles. The quantitative estimate of drug-likeness (QED) is 0.258. The average Bonchev–Trinajstić information content (AvgIpc) is 3.44. The van der Waals surface area contributed by atoms with Gasteiger partial charge in [0.2, 0.25) is 5.13 Å². The van der Waals surface area contributed by atoms with Crippen LogP contribution in [0.1, 0.15) is 12.5 Å². The first-order valence-corrected chi connectivity index (χ1v) is 11.8. The van der Waals surface area contributed by atoms with Crippen molar-refractivity contribution < 1.29 is 22.6 Å². The molecule has 5 rings (SSSR count). The van der Waals surface area contributed by atoms with Crippen molar-refractivity contribution in [3.63, 3.8) is 0 Å². The Bertz CT molecular complexity index is 1630. The van der Waals surface area contributed by atoms with E-state index in [1.165, 1.54) is 34.2 Å². The molecule has 5 aromatic rings. The van der Waals surface area contributed by atoms with Gasteiger partial charge in [-0.3, -0.25) is 14.9 Å². The van der Waals surface area contributed by atoms with E-state index in [9.17, 15) is 18.0 Å². The minimum atomic E-state index is -4.83. The molecule has 0 aliphatic rings. The second-order valence-corrected chi connectivity index (χ2v) is 8.95. The molecule has 188 valence electrons. The Kier molecular flexibility index (Phi) is 6.30. The van der Waals surface area contributed by atoms with Crippen LogP contribution in [0.25, 0.3) is 26.6 Å². The molecule has 0 saturated heterocycles. The van der Waals surface area contributed by atoms with Crippen molar-refractivity contribution in [2.75, 3.05) is 7.11 Å². The third-order valence-corrected chi connectivity index (χ3v) is 6.47. The summed E-state index contributed by atoms with van der Waals surface area (Å²) < 4.78 is 49.5. The number of fused-ring (bicyclic) bond motifs is 1. The number of benzene rings is 3. The number of hydrogen-bond donors (Lipinski definition) is 1. The molecule has 0 fully saturated rings. The largest absolute Gasteiger partial charge is 0.573 e. The summed E-state index contributed by atoms with van der Waals surface area (Å²) in [5.74, 6) is 0.239. The van der Waals surface area contributed by atoms with Crippen molar-refractivity contribution in [1.29, 1.82) is 0 Å². The molecule has 2 aromatic heterocycles. The van der Waals surface area contributed by atoms with Gasteiger partial charge in [0.25, 0.3) is 5.56 Å². The van der Waals surface area contributed by atoms with Gasteiger partial charge in [-0.25, -0.2) is 4.98 Å². The van der Waals surface area contributed by atoms with Crippen LogP contribution >= 0.6 is 11.3 Å². The minimum Gasteiger partial charge on any atom is -0.497 e. The molecule has 37 heavy (non-hydrogen) atoms. The van der Waals surface area contributed by atoms with Crippen molar-refractivity contribution in [1.82, 2.24) is 14.8 Å². The second kappa shape index (κ2) is 9.58. The summed E-state index contributed by atoms with van der Waals surface area (Å²) in [6, 6.07) is 19.9. The topological polar surface area (TPSA) is 81.5 Å². The lowest BCUT2D eigenvalue weighted by Gasteiger charge is -2.09. The Labute approximate surface area is 212 Å². The molecule has 0 spiro atoms. The smallest absolute Gasteiger partial charge is 0.497 e. The van der Waals surface area contributed by atoms with Gasteiger partial charge in [0, 0.05) is 11.6 Å². The molecule has 0 saturated carbocycles. The monoisotopic (exact) mass is 524 g/mol. The van der Waals surface area contributed by atoms with Crippen LogP contribution in [0.5, 0.6) is 11.5 Å². The van der Waals surface area contributed by atoms with E-state index >= 15 is 0 Å². The molecule has 0 aliphatic heterocycles. The fourth-order valence-electron chi connectivity index (χ4n) is 3.83. The first-order valence-electron chi connectivity index (χ1n) is 11.0. The summed E-state index contributed by atoms with van der Waals surface area (Å²) in [6.07, 6.45) is -4.83. The number of methoxy groups -OCH3 is 1. The van der Waals surface area contributed by atoms with Crippen LogP contribution in [0.3, 0.4) is 0 Å². The van der Waals surface area contributed by atoms with Gasteiger partial charge in [-0.15, -0.1) is 13.2 Å². The van der Waals surface area contributed by atoms with Crippen LogP contribution < -0.4 is 15.0 Å². The predicted molar refractivity (Wildman–Crippen MR) is 137 cm³/mol. The van der Waals surface area contributed by atoms with Gasteiger partial charge in [-0.05, 0) is 55.5 Å². The van der Waals surface area contributed by atoms with Crippen LogP contribution in [0.4, 0.5) is 18.9 Å². The van der Waals surface area contributed by atoms with Crippen molar-refractivity contribution in [3.05, 3.63) is 88.7 Å². The van der Waals surface area contributed by atoms with Gasteiger partial charge in [0.05, 0.1) is 40.0 Å². The first-order chi connectivity index (χ1) is 17.7. The number of para-hydroxylation sites is 1. The number of aromatic nitrogens is 3. The Morgan fingerprint density at radius 1 is 1.03 bits per heavy atom. The third-order valence-electron chi connectivity index (χ3n) is 5.45. The van der Waals surface area contributed by atoms with E-state index in [1.54, 1.807) is 38.3 Å². The normalized spacial score (nSPS) is 12.2. The number of nitrogens with zero attached hydrogens (tertiary/aromatic N) is 3. The maximum Gasteiger partial charge on any atom is 0.573 e. The van der Waals surface area contributed by atoms with E-state index in [4.69, 9.17) is 4.74 Å². The molecule has 0 atom stereocenters. The number of ether oxygens (including phenoxy) is 2. The Morgan fingerprint density at radius 3 is 2.49 bits per heavy atom. The zero-order valence-corrected chi connectivity index (χ0v) is 20.4. The summed E-state index contributed by atoms with van der Waals surface area (Å²) in [5.41, 5.74) is 2.29. The number of halogens is 3. The van der Waals surface area contributed by atoms with E-state index in [-0.39, 0.29) is 11.3 Å². The predicted octanol–water partition coefficient (Wildman–Crippen LogP) is 6.49. The SMILES string of the molecule is COc1ccc(-c2[nH]n(-c3nc4ccccc4s3)c(=O)c2C(C)=Nc2cccc(OC(F)(F)F)c2)cc1. The standard InChI is InChI=1S/C26H19F3N4O3S/c1-15(30-17-6-5-7-19(14-17)36-26(27,28)29)22-23(16-10-12-18(35-2)13-11-16)32-33(24(22)34)25-31-20-8-3-4-9-21(20)37-25/h3-14,32H,1-2H3. The van der Waals surface area contributed by atoms with Gasteiger partial charge in [-0.1, -0.05) is 29.5 Å². The molecule has 3 aromatic carbocycles. The number of H-pyrrole nitrogens is 1. The molecule has 0 bridgehead atoms. The highest BCUT2D eigenvalue weighted by Gasteiger charge is 2.31. The summed E-state index contributed by atoms with van der Waals surface area (Å²) in [4.78, 5) is 22.7. The van der Waals surface area contributed by atoms with Crippen molar-refractivity contribution in [3.8, 4) is 27.9 Å². The van der Waals surface area contributed by atoms with Crippen molar-refractivity contribution >= 4 is 33.0 Å². The zero-order chi connectivity index (χ0) is 26.2. The summed E-state index contributed by atoms with van der Waals surface area (Å²) in [5, 5.41) is 3.59. The molecule has 1 N–H and O–H groups in total. The highest BCUT2D eigenvalue weighted by Crippen LogP contribution is 2.29. The van der Waals surface area contributed by atoms with Gasteiger partial charge in [0.15, 0.2) is 0 Å². The van der Waals surface area contributed by atoms with E-state index in [1.807, 2.05) is 24.3 Å². The highest BCUT2D eigenvalue weighted by atomic mass is 32.1. The summed E-state index contributed by atoms with van der Waals surface area (Å²) in [7, 11) is 1.55. The van der Waals surface area contributed by atoms with Gasteiger partial charge in [0.1, 0.15) is 11.5 Å². The van der Waals surface area contributed by atoms with Gasteiger partial charge >= 0.3 is 6.36 Å². The first kappa shape index (κ1) is 24.3. The molecule has 0 amide bonds. The number of aromatic amines is 1. The average molecular weight is 525 g/mol. The lowest BCUT2D eigenvalue weighted by Crippen LogP contribution is -2.19. The summed E-state index contributed by atoms with van der Waals surface area (Å²) in [6.45, 7) is 1.62. The van der Waals surface area contributed by atoms with Gasteiger partial charge < -0.3 is 9.47 Å². The Hall–Kier alpha value is -4.38. The van der Waals surface area contributed by atoms with Crippen LogP contribution in [0.2, 0.25) is 0 Å². The van der Waals surface area contributed by atoms with Crippen LogP contribution in [0.15, 0.2) is 82.6 Å². The highest BCUT2D eigenvalue weighted by molar-refractivity contribution is 7.20. The molecule has 2 heterocycles. The van der Waals surface area contributed by atoms with E-state index < -0.39 is 17.7 Å². The molecule has 7 nitrogen and oxygen atoms in total. The lowest BCUT2D eigenvalue weighted by atomic mass is 10.0. The van der Waals surface area contributed by atoms with E-state index in [0.29, 0.717) is 27.9 Å². The van der Waals surface area contributed by atoms with Crippen LogP contribution in [0, 0.1) is 0 Å². The van der Waals surface area contributed by atoms with E-state index in [0.717, 1.165) is 16.3 Å². The maximum absolute atomic E-state index is 13.7. The van der Waals surface area contributed by atoms with Crippen LogP contribution in [-0.2, 0) is 0 Å². The van der Waals surface area contributed by atoms with E-state index in [2.05, 4.69) is 19.8 Å². The minimum absolute atomic E-state index is 0.201. The van der Waals surface area contributed by atoms with Crippen molar-refractivity contribution in [2.24, 2.45) is 4.99 Å². The number of aliphatic imine (C=N–C) groups is 1. The molecule has 0 unspecified atom stereocenters. The second-order valence-electron chi connectivity index (χ2n) is 7.94. The number of rotatable bonds is 6. The zero-order valence-electron chi connectivity index (χ0n) is 19.5. The Balaban J connectivity index is 1.64. The fraction of sp³-hybridized carbons (Fsp3) is 0.115. The maximum atomic E-state index is 13.7. The number of nitrogens with one attached hydrogen (secondary N) is 1. The molecule has 11 heteroatoms. The third kappa shape index (κ3) is 5.12. The fourth-order valence-corrected chi connectivity index (χ4v) is 4.75. The number of hydrogen-bond acceptors (Lipinski definition) is 6. The van der Waals surface area contributed by atoms with Crippen LogP contribution in [-0.4, -0.2) is 33.9 Å². The number of thiazole rings is 1. The number of alkyl halides is 3. The van der Waals surface area contributed by atoms with Crippen molar-refractivity contribution in [2.45, 2.75) is 13.3 Å². The lowest BCUT2D eigenvalue weighted by molar-refractivity contribution is -0.274. The summed E-state index contributed by atoms with van der Waals surface area (Å²) >= 11 is 1.35. The molecule has 0 radical (unpaired) electrons.